The van der Waals surface area contributed by atoms with E-state index < -0.39 is 0 Å². The molecule has 0 bridgehead atoms. The largest absolute Gasteiger partial charge is 0.469 e. The summed E-state index contributed by atoms with van der Waals surface area (Å²) in [5.41, 5.74) is 4.54. The van der Waals surface area contributed by atoms with Gasteiger partial charge in [0.15, 0.2) is 0 Å². The van der Waals surface area contributed by atoms with Gasteiger partial charge in [0.1, 0.15) is 5.82 Å². The molecule has 6 nitrogen and oxygen atoms in total. The van der Waals surface area contributed by atoms with E-state index in [1.165, 1.54) is 23.5 Å². The van der Waals surface area contributed by atoms with E-state index in [9.17, 15) is 4.79 Å². The van der Waals surface area contributed by atoms with Crippen LogP contribution in [-0.2, 0) is 16.6 Å². The van der Waals surface area contributed by atoms with E-state index in [1.807, 2.05) is 30.7 Å². The Labute approximate surface area is 162 Å². The molecule has 1 fully saturated rings. The summed E-state index contributed by atoms with van der Waals surface area (Å²) in [4.78, 5) is 22.5. The van der Waals surface area contributed by atoms with Crippen molar-refractivity contribution in [2.75, 3.05) is 25.1 Å². The van der Waals surface area contributed by atoms with Crippen molar-refractivity contribution in [3.63, 3.8) is 0 Å². The number of aromatic nitrogens is 3. The van der Waals surface area contributed by atoms with Crippen molar-refractivity contribution >= 4 is 33.6 Å². The Morgan fingerprint density at radius 3 is 2.61 bits per heavy atom. The number of methoxy groups -OCH3 is 1. The maximum Gasteiger partial charge on any atom is 0.312 e. The maximum atomic E-state index is 11.5. The van der Waals surface area contributed by atoms with Crippen molar-refractivity contribution in [2.24, 2.45) is 13.0 Å². The highest BCUT2D eigenvalue weighted by Crippen LogP contribution is 2.32. The number of rotatable bonds is 3. The van der Waals surface area contributed by atoms with Crippen LogP contribution in [0.2, 0.25) is 0 Å². The first kappa shape index (κ1) is 16.7. The smallest absolute Gasteiger partial charge is 0.312 e. The van der Waals surface area contributed by atoms with Crippen molar-refractivity contribution in [1.29, 1.82) is 0 Å². The summed E-state index contributed by atoms with van der Waals surface area (Å²) in [6.45, 7) is 1.32. The number of hydrogen-bond acceptors (Lipinski definition) is 5. The molecule has 140 valence electrons. The van der Waals surface area contributed by atoms with Gasteiger partial charge in [0.05, 0.1) is 18.5 Å². The van der Waals surface area contributed by atoms with Gasteiger partial charge in [0.25, 0.3) is 0 Å². The Bertz CT molecular complexity index is 1190. The lowest BCUT2D eigenvalue weighted by Gasteiger charge is -2.38. The average molecular weight is 372 g/mol. The molecule has 1 saturated heterocycles. The molecule has 0 N–H and O–H groups in total. The zero-order valence-corrected chi connectivity index (χ0v) is 15.8. The Morgan fingerprint density at radius 1 is 1.04 bits per heavy atom. The first-order valence-corrected chi connectivity index (χ1v) is 9.27. The minimum atomic E-state index is -0.147. The van der Waals surface area contributed by atoms with Crippen LogP contribution in [0.25, 0.3) is 32.9 Å². The van der Waals surface area contributed by atoms with Crippen molar-refractivity contribution in [1.82, 2.24) is 14.5 Å². The van der Waals surface area contributed by atoms with E-state index in [0.29, 0.717) is 13.1 Å². The third-order valence-corrected chi connectivity index (χ3v) is 5.63. The predicted molar refractivity (Wildman–Crippen MR) is 109 cm³/mol. The SMILES string of the molecule is COC(=O)C1CN(c2ccc(-c3ccc4c5cnccc5n(C)c4c3)cn2)C1. The molecule has 3 aromatic heterocycles. The number of fused-ring (bicyclic) bond motifs is 3. The topological polar surface area (TPSA) is 60.2 Å². The van der Waals surface area contributed by atoms with Crippen LogP contribution in [0.3, 0.4) is 0 Å². The molecule has 28 heavy (non-hydrogen) atoms. The quantitative estimate of drug-likeness (QED) is 0.516. The van der Waals surface area contributed by atoms with E-state index in [1.54, 1.807) is 0 Å². The van der Waals surface area contributed by atoms with Crippen LogP contribution in [-0.4, -0.2) is 40.7 Å². The van der Waals surface area contributed by atoms with Crippen LogP contribution >= 0.6 is 0 Å². The first-order valence-electron chi connectivity index (χ1n) is 9.27. The van der Waals surface area contributed by atoms with Crippen LogP contribution in [0.15, 0.2) is 55.0 Å². The molecule has 1 aliphatic heterocycles. The van der Waals surface area contributed by atoms with Crippen molar-refractivity contribution in [3.05, 3.63) is 55.0 Å². The molecule has 0 aliphatic carbocycles. The summed E-state index contributed by atoms with van der Waals surface area (Å²) >= 11 is 0. The first-order chi connectivity index (χ1) is 13.7. The summed E-state index contributed by atoms with van der Waals surface area (Å²) in [6.07, 6.45) is 5.64. The van der Waals surface area contributed by atoms with Crippen LogP contribution in [0.1, 0.15) is 0 Å². The molecule has 0 atom stereocenters. The second-order valence-corrected chi connectivity index (χ2v) is 7.21. The zero-order valence-electron chi connectivity index (χ0n) is 15.8. The molecule has 1 aliphatic rings. The van der Waals surface area contributed by atoms with Crippen molar-refractivity contribution < 1.29 is 9.53 Å². The Hall–Kier alpha value is -3.41. The highest BCUT2D eigenvalue weighted by molar-refractivity contribution is 6.08. The fraction of sp³-hybridized carbons (Fsp3) is 0.227. The number of pyridine rings is 2. The number of esters is 1. The number of carbonyl (C=O) groups excluding carboxylic acids is 1. The maximum absolute atomic E-state index is 11.5. The third kappa shape index (κ3) is 2.52. The standard InChI is InChI=1S/C22H20N4O2/c1-25-19-7-8-23-11-18(19)17-5-3-14(9-20(17)25)15-4-6-21(24-10-15)26-12-16(13-26)22(27)28-2/h3-11,16H,12-13H2,1-2H3. The fourth-order valence-corrected chi connectivity index (χ4v) is 3.96. The minimum Gasteiger partial charge on any atom is -0.469 e. The van der Waals surface area contributed by atoms with Gasteiger partial charge in [0, 0.05) is 60.6 Å². The van der Waals surface area contributed by atoms with Gasteiger partial charge in [-0.3, -0.25) is 9.78 Å². The monoisotopic (exact) mass is 372 g/mol. The molecule has 1 aromatic carbocycles. The molecule has 4 aromatic rings. The molecule has 4 heterocycles. The molecule has 5 rings (SSSR count). The Morgan fingerprint density at radius 2 is 1.86 bits per heavy atom. The normalized spacial score (nSPS) is 14.4. The number of nitrogens with zero attached hydrogens (tertiary/aromatic N) is 4. The summed E-state index contributed by atoms with van der Waals surface area (Å²) in [7, 11) is 3.51. The summed E-state index contributed by atoms with van der Waals surface area (Å²) < 4.78 is 6.99. The number of ether oxygens (including phenoxy) is 1. The predicted octanol–water partition coefficient (Wildman–Crippen LogP) is 3.40. The zero-order chi connectivity index (χ0) is 19.3. The number of anilines is 1. The lowest BCUT2D eigenvalue weighted by atomic mass is 10.0. The number of aryl methyl sites for hydroxylation is 1. The van der Waals surface area contributed by atoms with Gasteiger partial charge < -0.3 is 14.2 Å². The molecule has 0 unspecified atom stereocenters. The second kappa shape index (κ2) is 6.34. The fourth-order valence-electron chi connectivity index (χ4n) is 3.96. The van der Waals surface area contributed by atoms with Gasteiger partial charge in [-0.1, -0.05) is 12.1 Å². The van der Waals surface area contributed by atoms with Crippen LogP contribution < -0.4 is 4.90 Å². The van der Waals surface area contributed by atoms with Gasteiger partial charge in [0.2, 0.25) is 0 Å². The van der Waals surface area contributed by atoms with E-state index in [2.05, 4.69) is 50.7 Å². The average Bonchev–Trinajstić information content (AvgIpc) is 2.99. The van der Waals surface area contributed by atoms with Crippen molar-refractivity contribution in [3.8, 4) is 11.1 Å². The molecular weight excluding hydrogens is 352 g/mol. The van der Waals surface area contributed by atoms with E-state index >= 15 is 0 Å². The number of carbonyl (C=O) groups is 1. The molecule has 0 saturated carbocycles. The molecule has 0 radical (unpaired) electrons. The van der Waals surface area contributed by atoms with E-state index in [4.69, 9.17) is 4.74 Å². The highest BCUT2D eigenvalue weighted by atomic mass is 16.5. The van der Waals surface area contributed by atoms with E-state index in [0.717, 1.165) is 22.3 Å². The molecular formula is C22H20N4O2. The van der Waals surface area contributed by atoms with Crippen LogP contribution in [0.4, 0.5) is 5.82 Å². The Kier molecular flexibility index (Phi) is 3.79. The van der Waals surface area contributed by atoms with Gasteiger partial charge in [-0.25, -0.2) is 4.98 Å². The molecule has 0 amide bonds. The van der Waals surface area contributed by atoms with Gasteiger partial charge in [-0.05, 0) is 29.8 Å². The van der Waals surface area contributed by atoms with Crippen LogP contribution in [0.5, 0.6) is 0 Å². The lowest BCUT2D eigenvalue weighted by Crippen LogP contribution is -2.51. The highest BCUT2D eigenvalue weighted by Gasteiger charge is 2.34. The molecule has 0 spiro atoms. The van der Waals surface area contributed by atoms with E-state index in [-0.39, 0.29) is 11.9 Å². The minimum absolute atomic E-state index is 0.0464. The Balaban J connectivity index is 1.43. The summed E-state index contributed by atoms with van der Waals surface area (Å²) in [6, 6.07) is 12.6. The summed E-state index contributed by atoms with van der Waals surface area (Å²) in [5, 5.41) is 2.37. The number of hydrogen-bond donors (Lipinski definition) is 0. The van der Waals surface area contributed by atoms with Gasteiger partial charge in [-0.15, -0.1) is 0 Å². The number of benzene rings is 1. The second-order valence-electron chi connectivity index (χ2n) is 7.21. The van der Waals surface area contributed by atoms with Gasteiger partial charge >= 0.3 is 5.97 Å². The summed E-state index contributed by atoms with van der Waals surface area (Å²) in [5.74, 6) is 0.696. The van der Waals surface area contributed by atoms with Crippen molar-refractivity contribution in [2.45, 2.75) is 0 Å². The molecule has 6 heteroatoms. The third-order valence-electron chi connectivity index (χ3n) is 5.63. The lowest BCUT2D eigenvalue weighted by molar-refractivity contribution is -0.146. The van der Waals surface area contributed by atoms with Crippen LogP contribution in [0, 0.1) is 5.92 Å². The van der Waals surface area contributed by atoms with Gasteiger partial charge in [-0.2, -0.15) is 0 Å².